The second-order valence-electron chi connectivity index (χ2n) is 4.80. The maximum absolute atomic E-state index is 5.62. The molecule has 0 saturated heterocycles. The molecule has 0 amide bonds. The molecule has 6 heteroatoms. The van der Waals surface area contributed by atoms with Crippen LogP contribution in [-0.4, -0.2) is 23.2 Å². The fourth-order valence-corrected chi connectivity index (χ4v) is 2.81. The Morgan fingerprint density at radius 1 is 1.24 bits per heavy atom. The van der Waals surface area contributed by atoms with Crippen LogP contribution in [-0.2, 0) is 13.1 Å². The van der Waals surface area contributed by atoms with Crippen LogP contribution in [0, 0.1) is 6.92 Å². The monoisotopic (exact) mass is 349 g/mol. The van der Waals surface area contributed by atoms with E-state index in [-0.39, 0.29) is 0 Å². The lowest BCUT2D eigenvalue weighted by Crippen LogP contribution is -2.17. The minimum Gasteiger partial charge on any atom is -0.486 e. The standard InChI is InChI=1S/C15H16BrN3O2/c1-10-18-3-2-12(19-10)9-17-8-11-6-13(16)15-14(7-11)20-4-5-21-15/h2-3,6-7,17H,4-5,8-9H2,1H3. The third-order valence-electron chi connectivity index (χ3n) is 3.13. The first kappa shape index (κ1) is 14.3. The van der Waals surface area contributed by atoms with Crippen LogP contribution >= 0.6 is 15.9 Å². The van der Waals surface area contributed by atoms with Gasteiger partial charge in [-0.3, -0.25) is 0 Å². The largest absolute Gasteiger partial charge is 0.486 e. The lowest BCUT2D eigenvalue weighted by molar-refractivity contribution is 0.170. The van der Waals surface area contributed by atoms with Gasteiger partial charge in [0.05, 0.1) is 10.2 Å². The van der Waals surface area contributed by atoms with Crippen molar-refractivity contribution in [3.63, 3.8) is 0 Å². The SMILES string of the molecule is Cc1nccc(CNCc2cc(Br)c3c(c2)OCCO3)n1. The first-order valence-electron chi connectivity index (χ1n) is 6.79. The second kappa shape index (κ2) is 6.41. The van der Waals surface area contributed by atoms with Crippen molar-refractivity contribution in [3.05, 3.63) is 46.0 Å². The highest BCUT2D eigenvalue weighted by atomic mass is 79.9. The van der Waals surface area contributed by atoms with Gasteiger partial charge in [0, 0.05) is 19.3 Å². The first-order chi connectivity index (χ1) is 10.2. The molecule has 1 N–H and O–H groups in total. The summed E-state index contributed by atoms with van der Waals surface area (Å²) in [6.45, 7) is 4.52. The summed E-state index contributed by atoms with van der Waals surface area (Å²) in [6.07, 6.45) is 1.78. The predicted molar refractivity (Wildman–Crippen MR) is 82.4 cm³/mol. The molecule has 1 aromatic heterocycles. The molecule has 0 saturated carbocycles. The number of aryl methyl sites for hydroxylation is 1. The van der Waals surface area contributed by atoms with Gasteiger partial charge in [-0.1, -0.05) is 0 Å². The predicted octanol–water partition coefficient (Wildman–Crippen LogP) is 2.61. The fourth-order valence-electron chi connectivity index (χ4n) is 2.20. The smallest absolute Gasteiger partial charge is 0.175 e. The summed E-state index contributed by atoms with van der Waals surface area (Å²) in [5, 5.41) is 3.37. The maximum atomic E-state index is 5.62. The first-order valence-corrected chi connectivity index (χ1v) is 7.59. The van der Waals surface area contributed by atoms with Crippen LogP contribution in [0.5, 0.6) is 11.5 Å². The average Bonchev–Trinajstić information content (AvgIpc) is 2.47. The summed E-state index contributed by atoms with van der Waals surface area (Å²) in [5.74, 6) is 2.37. The van der Waals surface area contributed by atoms with Crippen LogP contribution in [0.1, 0.15) is 17.1 Å². The lowest BCUT2D eigenvalue weighted by Gasteiger charge is -2.20. The Hall–Kier alpha value is -1.66. The van der Waals surface area contributed by atoms with Gasteiger partial charge < -0.3 is 14.8 Å². The van der Waals surface area contributed by atoms with Crippen molar-refractivity contribution in [1.82, 2.24) is 15.3 Å². The molecule has 1 aliphatic rings. The molecule has 0 aliphatic carbocycles. The summed E-state index contributed by atoms with van der Waals surface area (Å²) in [5.41, 5.74) is 2.12. The number of hydrogen-bond acceptors (Lipinski definition) is 5. The van der Waals surface area contributed by atoms with Gasteiger partial charge in [-0.15, -0.1) is 0 Å². The number of hydrogen-bond donors (Lipinski definition) is 1. The zero-order chi connectivity index (χ0) is 14.7. The molecule has 1 aliphatic heterocycles. The van der Waals surface area contributed by atoms with Gasteiger partial charge >= 0.3 is 0 Å². The van der Waals surface area contributed by atoms with Crippen molar-refractivity contribution in [2.75, 3.05) is 13.2 Å². The summed E-state index contributed by atoms with van der Waals surface area (Å²) < 4.78 is 12.1. The number of aromatic nitrogens is 2. The van der Waals surface area contributed by atoms with Crippen molar-refractivity contribution < 1.29 is 9.47 Å². The van der Waals surface area contributed by atoms with Crippen molar-refractivity contribution in [1.29, 1.82) is 0 Å². The quantitative estimate of drug-likeness (QED) is 0.919. The number of fused-ring (bicyclic) bond motifs is 1. The zero-order valence-electron chi connectivity index (χ0n) is 11.7. The Labute approximate surface area is 131 Å². The van der Waals surface area contributed by atoms with Gasteiger partial charge in [-0.2, -0.15) is 0 Å². The van der Waals surface area contributed by atoms with E-state index in [2.05, 4.69) is 31.2 Å². The van der Waals surface area contributed by atoms with E-state index in [1.54, 1.807) is 6.20 Å². The van der Waals surface area contributed by atoms with Crippen molar-refractivity contribution in [2.24, 2.45) is 0 Å². The number of halogens is 1. The highest BCUT2D eigenvalue weighted by Gasteiger charge is 2.16. The molecule has 3 rings (SSSR count). The minimum atomic E-state index is 0.594. The topological polar surface area (TPSA) is 56.3 Å². The Balaban J connectivity index is 1.64. The van der Waals surface area contributed by atoms with Crippen LogP contribution in [0.4, 0.5) is 0 Å². The van der Waals surface area contributed by atoms with Crippen LogP contribution in [0.3, 0.4) is 0 Å². The molecule has 0 unspecified atom stereocenters. The van der Waals surface area contributed by atoms with E-state index in [4.69, 9.17) is 9.47 Å². The summed E-state index contributed by atoms with van der Waals surface area (Å²) in [4.78, 5) is 8.45. The van der Waals surface area contributed by atoms with E-state index in [1.807, 2.05) is 25.1 Å². The summed E-state index contributed by atoms with van der Waals surface area (Å²) >= 11 is 3.53. The lowest BCUT2D eigenvalue weighted by atomic mass is 10.2. The van der Waals surface area contributed by atoms with Gasteiger partial charge in [0.25, 0.3) is 0 Å². The number of rotatable bonds is 4. The van der Waals surface area contributed by atoms with Gasteiger partial charge in [-0.05, 0) is 46.6 Å². The number of ether oxygens (including phenoxy) is 2. The van der Waals surface area contributed by atoms with E-state index >= 15 is 0 Å². The van der Waals surface area contributed by atoms with E-state index < -0.39 is 0 Å². The fraction of sp³-hybridized carbons (Fsp3) is 0.333. The van der Waals surface area contributed by atoms with Gasteiger partial charge in [0.15, 0.2) is 11.5 Å². The van der Waals surface area contributed by atoms with Crippen molar-refractivity contribution >= 4 is 15.9 Å². The summed E-state index contributed by atoms with van der Waals surface area (Å²) in [7, 11) is 0. The number of benzene rings is 1. The average molecular weight is 350 g/mol. The van der Waals surface area contributed by atoms with Gasteiger partial charge in [-0.25, -0.2) is 9.97 Å². The molecule has 2 heterocycles. The number of nitrogens with one attached hydrogen (secondary N) is 1. The van der Waals surface area contributed by atoms with Crippen LogP contribution in [0.2, 0.25) is 0 Å². The molecule has 21 heavy (non-hydrogen) atoms. The molecule has 0 fully saturated rings. The zero-order valence-corrected chi connectivity index (χ0v) is 13.3. The highest BCUT2D eigenvalue weighted by molar-refractivity contribution is 9.10. The molecule has 0 radical (unpaired) electrons. The molecule has 5 nitrogen and oxygen atoms in total. The molecular formula is C15H16BrN3O2. The molecule has 110 valence electrons. The highest BCUT2D eigenvalue weighted by Crippen LogP contribution is 2.38. The number of nitrogens with zero attached hydrogens (tertiary/aromatic N) is 2. The van der Waals surface area contributed by atoms with E-state index in [9.17, 15) is 0 Å². The van der Waals surface area contributed by atoms with Crippen molar-refractivity contribution in [3.8, 4) is 11.5 Å². The molecular weight excluding hydrogens is 334 g/mol. The van der Waals surface area contributed by atoms with E-state index in [0.29, 0.717) is 19.8 Å². The normalized spacial score (nSPS) is 13.2. The van der Waals surface area contributed by atoms with Gasteiger partial charge in [0.1, 0.15) is 19.0 Å². The van der Waals surface area contributed by atoms with E-state index in [0.717, 1.165) is 39.6 Å². The van der Waals surface area contributed by atoms with Crippen LogP contribution in [0.25, 0.3) is 0 Å². The summed E-state index contributed by atoms with van der Waals surface area (Å²) in [6, 6.07) is 5.98. The Bertz CT molecular complexity index is 649. The molecule has 0 atom stereocenters. The second-order valence-corrected chi connectivity index (χ2v) is 5.65. The molecule has 0 bridgehead atoms. The van der Waals surface area contributed by atoms with Crippen LogP contribution in [0.15, 0.2) is 28.9 Å². The molecule has 1 aromatic carbocycles. The van der Waals surface area contributed by atoms with Crippen LogP contribution < -0.4 is 14.8 Å². The van der Waals surface area contributed by atoms with Crippen molar-refractivity contribution in [2.45, 2.75) is 20.0 Å². The Morgan fingerprint density at radius 3 is 2.95 bits per heavy atom. The minimum absolute atomic E-state index is 0.594. The molecule has 2 aromatic rings. The third-order valence-corrected chi connectivity index (χ3v) is 3.71. The Morgan fingerprint density at radius 2 is 2.10 bits per heavy atom. The third kappa shape index (κ3) is 3.51. The Kier molecular flexibility index (Phi) is 4.36. The van der Waals surface area contributed by atoms with Gasteiger partial charge in [0.2, 0.25) is 0 Å². The maximum Gasteiger partial charge on any atom is 0.175 e. The van der Waals surface area contributed by atoms with E-state index in [1.165, 1.54) is 0 Å². The molecule has 0 spiro atoms.